The molecule has 2 aromatic carbocycles. The summed E-state index contributed by atoms with van der Waals surface area (Å²) in [6, 6.07) is 15.5. The second-order valence-corrected chi connectivity index (χ2v) is 5.23. The van der Waals surface area contributed by atoms with Gasteiger partial charge in [-0.2, -0.15) is 0 Å². The molecule has 22 heavy (non-hydrogen) atoms. The second kappa shape index (κ2) is 6.41. The van der Waals surface area contributed by atoms with Crippen LogP contribution in [0.3, 0.4) is 0 Å². The molecule has 5 heteroatoms. The number of aryl methyl sites for hydroxylation is 1. The largest absolute Gasteiger partial charge is 0.369 e. The summed E-state index contributed by atoms with van der Waals surface area (Å²) in [5.74, 6) is 0. The van der Waals surface area contributed by atoms with E-state index in [2.05, 4.69) is 21.3 Å². The van der Waals surface area contributed by atoms with Gasteiger partial charge in [0.25, 0.3) is 0 Å². The average Bonchev–Trinajstić information content (AvgIpc) is 3.04. The van der Waals surface area contributed by atoms with Crippen LogP contribution >= 0.6 is 0 Å². The van der Waals surface area contributed by atoms with E-state index in [1.54, 1.807) is 0 Å². The molecular formula is C17H20N4O. The number of rotatable bonds is 5. The Kier molecular flexibility index (Phi) is 4.16. The minimum absolute atomic E-state index is 0.0204. The Hall–Kier alpha value is -2.66. The fraction of sp³-hybridized carbons (Fsp3) is 0.176. The van der Waals surface area contributed by atoms with Gasteiger partial charge in [-0.3, -0.25) is 0 Å². The molecule has 5 nitrogen and oxygen atoms in total. The van der Waals surface area contributed by atoms with E-state index in [4.69, 9.17) is 0 Å². The van der Waals surface area contributed by atoms with E-state index in [0.29, 0.717) is 0 Å². The zero-order chi connectivity index (χ0) is 15.4. The molecule has 0 bridgehead atoms. The summed E-state index contributed by atoms with van der Waals surface area (Å²) in [7, 11) is 0. The lowest BCUT2D eigenvalue weighted by atomic mass is 10.1. The third-order valence-electron chi connectivity index (χ3n) is 3.57. The molecule has 0 saturated carbocycles. The summed E-state index contributed by atoms with van der Waals surface area (Å²) in [6.07, 6.45) is 2.96. The molecule has 1 unspecified atom stereocenters. The molecule has 3 rings (SSSR count). The maximum absolute atomic E-state index is 10.3. The Balaban J connectivity index is 1.71. The molecule has 0 aliphatic carbocycles. The zero-order valence-electron chi connectivity index (χ0n) is 12.4. The first-order valence-electron chi connectivity index (χ1n) is 7.26. The highest BCUT2D eigenvalue weighted by Gasteiger charge is 2.11. The highest BCUT2D eigenvalue weighted by atomic mass is 16.3. The summed E-state index contributed by atoms with van der Waals surface area (Å²) < 4.78 is 0. The monoisotopic (exact) mass is 296 g/mol. The van der Waals surface area contributed by atoms with Gasteiger partial charge in [-0.15, -0.1) is 0 Å². The summed E-state index contributed by atoms with van der Waals surface area (Å²) in [6.45, 7) is 2.04. The van der Waals surface area contributed by atoms with Crippen LogP contribution in [0.25, 0.3) is 0 Å². The van der Waals surface area contributed by atoms with E-state index in [0.717, 1.165) is 22.5 Å². The predicted octanol–water partition coefficient (Wildman–Crippen LogP) is 2.46. The van der Waals surface area contributed by atoms with Gasteiger partial charge >= 0.3 is 0 Å². The lowest BCUT2D eigenvalue weighted by molar-refractivity contribution is 0.208. The minimum Gasteiger partial charge on any atom is -0.369 e. The first kappa shape index (κ1) is 14.3. The number of nitrogens with one attached hydrogen (secondary N) is 4. The molecule has 0 radical (unpaired) electrons. The van der Waals surface area contributed by atoms with Gasteiger partial charge in [0.1, 0.15) is 0 Å². The van der Waals surface area contributed by atoms with Crippen molar-refractivity contribution >= 4 is 11.4 Å². The van der Waals surface area contributed by atoms with Crippen LogP contribution < -0.4 is 21.3 Å². The second-order valence-electron chi connectivity index (χ2n) is 5.23. The van der Waals surface area contributed by atoms with Gasteiger partial charge in [-0.05, 0) is 24.6 Å². The van der Waals surface area contributed by atoms with Crippen LogP contribution in [0.15, 0.2) is 60.9 Å². The predicted molar refractivity (Wildman–Crippen MR) is 89.0 cm³/mol. The Labute approximate surface area is 130 Å². The summed E-state index contributed by atoms with van der Waals surface area (Å²) in [5, 5.41) is 23.0. The number of anilines is 2. The highest BCUT2D eigenvalue weighted by Crippen LogP contribution is 2.24. The first-order chi connectivity index (χ1) is 10.7. The van der Waals surface area contributed by atoms with E-state index >= 15 is 0 Å². The Morgan fingerprint density at radius 1 is 1.05 bits per heavy atom. The summed E-state index contributed by atoms with van der Waals surface area (Å²) in [4.78, 5) is 0. The van der Waals surface area contributed by atoms with Crippen LogP contribution in [0.4, 0.5) is 11.4 Å². The first-order valence-corrected chi connectivity index (χ1v) is 7.26. The molecule has 1 heterocycles. The number of aliphatic hydroxyl groups is 1. The molecule has 0 spiro atoms. The van der Waals surface area contributed by atoms with Crippen LogP contribution in [0, 0.1) is 6.92 Å². The van der Waals surface area contributed by atoms with E-state index in [-0.39, 0.29) is 6.29 Å². The molecule has 1 aliphatic rings. The van der Waals surface area contributed by atoms with Gasteiger partial charge in [0.05, 0.1) is 0 Å². The van der Waals surface area contributed by atoms with Gasteiger partial charge in [0, 0.05) is 29.3 Å². The lowest BCUT2D eigenvalue weighted by Gasteiger charge is -2.20. The van der Waals surface area contributed by atoms with Crippen LogP contribution in [-0.2, 0) is 0 Å². The molecule has 1 atom stereocenters. The zero-order valence-corrected chi connectivity index (χ0v) is 12.4. The van der Waals surface area contributed by atoms with Gasteiger partial charge in [-0.25, -0.2) is 0 Å². The van der Waals surface area contributed by atoms with Gasteiger partial charge in [0.15, 0.2) is 12.5 Å². The fourth-order valence-corrected chi connectivity index (χ4v) is 2.32. The normalized spacial score (nSPS) is 15.0. The Morgan fingerprint density at radius 2 is 1.77 bits per heavy atom. The number of aliphatic hydroxyl groups excluding tert-OH is 1. The molecular weight excluding hydrogens is 276 g/mol. The molecule has 5 N–H and O–H groups in total. The van der Waals surface area contributed by atoms with Gasteiger partial charge in [0.2, 0.25) is 0 Å². The van der Waals surface area contributed by atoms with Crippen molar-refractivity contribution in [2.24, 2.45) is 0 Å². The smallest absolute Gasteiger partial charge is 0.173 e. The summed E-state index contributed by atoms with van der Waals surface area (Å²) in [5.41, 5.74) is 3.82. The topological polar surface area (TPSA) is 68.3 Å². The molecule has 0 amide bonds. The molecule has 0 fully saturated rings. The third-order valence-corrected chi connectivity index (χ3v) is 3.57. The van der Waals surface area contributed by atoms with Gasteiger partial charge in [-0.1, -0.05) is 36.4 Å². The quantitative estimate of drug-likeness (QED) is 0.548. The number of hydrogen-bond acceptors (Lipinski definition) is 5. The van der Waals surface area contributed by atoms with Crippen molar-refractivity contribution in [3.63, 3.8) is 0 Å². The number of benzene rings is 2. The highest BCUT2D eigenvalue weighted by molar-refractivity contribution is 5.61. The standard InChI is InChI=1S/C17H20N4O/c1-12-7-8-14(11-15(12)21-17-18-9-10-19-17)20-16(22)13-5-3-2-4-6-13/h2-11,16-22H,1H3. The third kappa shape index (κ3) is 3.32. The molecule has 1 aliphatic heterocycles. The van der Waals surface area contributed by atoms with Crippen molar-refractivity contribution in [3.05, 3.63) is 72.1 Å². The molecule has 114 valence electrons. The van der Waals surface area contributed by atoms with E-state index in [1.165, 1.54) is 0 Å². The average molecular weight is 296 g/mol. The minimum atomic E-state index is -0.735. The Bertz CT molecular complexity index is 649. The van der Waals surface area contributed by atoms with Crippen molar-refractivity contribution in [2.45, 2.75) is 19.4 Å². The maximum Gasteiger partial charge on any atom is 0.173 e. The maximum atomic E-state index is 10.3. The molecule has 2 aromatic rings. The van der Waals surface area contributed by atoms with Crippen molar-refractivity contribution in [3.8, 4) is 0 Å². The van der Waals surface area contributed by atoms with Crippen molar-refractivity contribution in [2.75, 3.05) is 10.6 Å². The van der Waals surface area contributed by atoms with Crippen LogP contribution in [0.2, 0.25) is 0 Å². The van der Waals surface area contributed by atoms with Crippen molar-refractivity contribution in [1.29, 1.82) is 0 Å². The van der Waals surface area contributed by atoms with E-state index < -0.39 is 6.23 Å². The van der Waals surface area contributed by atoms with Crippen LogP contribution in [0.1, 0.15) is 17.4 Å². The van der Waals surface area contributed by atoms with Crippen LogP contribution in [0.5, 0.6) is 0 Å². The van der Waals surface area contributed by atoms with Gasteiger partial charge < -0.3 is 26.4 Å². The SMILES string of the molecule is Cc1ccc(NC(O)c2ccccc2)cc1NC1NC=CN1. The van der Waals surface area contributed by atoms with Crippen molar-refractivity contribution < 1.29 is 5.11 Å². The van der Waals surface area contributed by atoms with E-state index in [9.17, 15) is 5.11 Å². The molecule has 0 saturated heterocycles. The van der Waals surface area contributed by atoms with E-state index in [1.807, 2.05) is 67.9 Å². The lowest BCUT2D eigenvalue weighted by Crippen LogP contribution is -2.38. The number of hydrogen-bond donors (Lipinski definition) is 5. The van der Waals surface area contributed by atoms with Crippen molar-refractivity contribution in [1.82, 2.24) is 10.6 Å². The Morgan fingerprint density at radius 3 is 2.50 bits per heavy atom. The molecule has 0 aromatic heterocycles. The fourth-order valence-electron chi connectivity index (χ4n) is 2.32. The summed E-state index contributed by atoms with van der Waals surface area (Å²) >= 11 is 0. The van der Waals surface area contributed by atoms with Crippen LogP contribution in [-0.4, -0.2) is 11.4 Å².